The van der Waals surface area contributed by atoms with Crippen LogP contribution >= 0.6 is 0 Å². The minimum Gasteiger partial charge on any atom is -0.480 e. The van der Waals surface area contributed by atoms with E-state index in [9.17, 15) is 9.59 Å². The molecule has 1 heterocycles. The Morgan fingerprint density at radius 3 is 2.71 bits per heavy atom. The second-order valence-corrected chi connectivity index (χ2v) is 3.89. The van der Waals surface area contributed by atoms with E-state index in [-0.39, 0.29) is 12.7 Å². The first-order valence-corrected chi connectivity index (χ1v) is 5.38. The summed E-state index contributed by atoms with van der Waals surface area (Å²) in [4.78, 5) is 24.1. The number of methoxy groups -OCH3 is 2. The molecule has 0 aromatic carbocycles. The number of urea groups is 1. The molecule has 2 atom stereocenters. The van der Waals surface area contributed by atoms with Crippen molar-refractivity contribution in [2.24, 2.45) is 0 Å². The molecule has 2 amide bonds. The highest BCUT2D eigenvalue weighted by atomic mass is 16.5. The van der Waals surface area contributed by atoms with Crippen molar-refractivity contribution in [3.8, 4) is 0 Å². The van der Waals surface area contributed by atoms with Gasteiger partial charge in [0.2, 0.25) is 0 Å². The molecule has 2 N–H and O–H groups in total. The van der Waals surface area contributed by atoms with Gasteiger partial charge in [-0.25, -0.2) is 9.59 Å². The Bertz CT molecular complexity index is 284. The van der Waals surface area contributed by atoms with Gasteiger partial charge in [-0.3, -0.25) is 0 Å². The average Bonchev–Trinajstić information content (AvgIpc) is 2.76. The van der Waals surface area contributed by atoms with E-state index in [4.69, 9.17) is 14.6 Å². The van der Waals surface area contributed by atoms with Gasteiger partial charge in [0.1, 0.15) is 0 Å². The molecule has 98 valence electrons. The van der Waals surface area contributed by atoms with Gasteiger partial charge in [-0.15, -0.1) is 0 Å². The zero-order chi connectivity index (χ0) is 12.8. The number of hydrogen-bond acceptors (Lipinski definition) is 4. The highest BCUT2D eigenvalue weighted by Crippen LogP contribution is 2.11. The van der Waals surface area contributed by atoms with Gasteiger partial charge in [-0.05, 0) is 6.42 Å². The molecule has 0 radical (unpaired) electrons. The van der Waals surface area contributed by atoms with Crippen LogP contribution in [-0.2, 0) is 14.3 Å². The number of ether oxygens (including phenoxy) is 2. The summed E-state index contributed by atoms with van der Waals surface area (Å²) in [5.74, 6) is -1.11. The first kappa shape index (κ1) is 13.7. The molecule has 1 saturated heterocycles. The number of aliphatic carboxylic acids is 1. The number of rotatable bonds is 5. The number of carboxylic acid groups (broad SMARTS) is 1. The van der Waals surface area contributed by atoms with Crippen molar-refractivity contribution in [2.45, 2.75) is 18.6 Å². The van der Waals surface area contributed by atoms with E-state index >= 15 is 0 Å². The summed E-state index contributed by atoms with van der Waals surface area (Å²) in [5.41, 5.74) is 0. The third kappa shape index (κ3) is 3.86. The molecule has 1 aliphatic rings. The van der Waals surface area contributed by atoms with Crippen LogP contribution in [0, 0.1) is 0 Å². The molecule has 0 aliphatic carbocycles. The Morgan fingerprint density at radius 2 is 2.24 bits per heavy atom. The van der Waals surface area contributed by atoms with Crippen LogP contribution in [0.25, 0.3) is 0 Å². The summed E-state index contributed by atoms with van der Waals surface area (Å²) in [6, 6.07) is -1.41. The second kappa shape index (κ2) is 6.41. The molecule has 0 bridgehead atoms. The number of nitrogens with one attached hydrogen (secondary N) is 1. The average molecular weight is 246 g/mol. The van der Waals surface area contributed by atoms with E-state index in [0.29, 0.717) is 13.1 Å². The molecule has 7 nitrogen and oxygen atoms in total. The maximum Gasteiger partial charge on any atom is 0.328 e. The lowest BCUT2D eigenvalue weighted by molar-refractivity contribution is -0.140. The number of amides is 2. The molecule has 2 unspecified atom stereocenters. The fraction of sp³-hybridized carbons (Fsp3) is 0.800. The Morgan fingerprint density at radius 1 is 1.53 bits per heavy atom. The number of hydrogen-bond donors (Lipinski definition) is 2. The van der Waals surface area contributed by atoms with Crippen molar-refractivity contribution in [3.63, 3.8) is 0 Å². The fourth-order valence-electron chi connectivity index (χ4n) is 1.69. The van der Waals surface area contributed by atoms with E-state index in [1.165, 1.54) is 7.11 Å². The monoisotopic (exact) mass is 246 g/mol. The van der Waals surface area contributed by atoms with Gasteiger partial charge in [-0.1, -0.05) is 0 Å². The lowest BCUT2D eigenvalue weighted by Crippen LogP contribution is -2.49. The molecule has 7 heteroatoms. The molecule has 0 spiro atoms. The summed E-state index contributed by atoms with van der Waals surface area (Å²) in [5, 5.41) is 11.3. The lowest BCUT2D eigenvalue weighted by Gasteiger charge is -2.20. The zero-order valence-electron chi connectivity index (χ0n) is 10.0. The van der Waals surface area contributed by atoms with Crippen LogP contribution < -0.4 is 5.32 Å². The summed E-state index contributed by atoms with van der Waals surface area (Å²) in [7, 11) is 2.98. The summed E-state index contributed by atoms with van der Waals surface area (Å²) >= 11 is 0. The smallest absolute Gasteiger partial charge is 0.328 e. The van der Waals surface area contributed by atoms with Crippen molar-refractivity contribution in [1.29, 1.82) is 0 Å². The number of carboxylic acids is 1. The van der Waals surface area contributed by atoms with Crippen molar-refractivity contribution < 1.29 is 24.2 Å². The standard InChI is InChI=1S/C10H18N2O5/c1-16-6-8(9(13)14)11-10(15)12-4-3-7(5-12)17-2/h7-8H,3-6H2,1-2H3,(H,11,15)(H,13,14). The fourth-order valence-corrected chi connectivity index (χ4v) is 1.69. The molecule has 1 aliphatic heterocycles. The van der Waals surface area contributed by atoms with Crippen LogP contribution in [0.1, 0.15) is 6.42 Å². The molecule has 0 saturated carbocycles. The van der Waals surface area contributed by atoms with Gasteiger partial charge < -0.3 is 24.8 Å². The minimum atomic E-state index is -1.11. The summed E-state index contributed by atoms with van der Waals surface area (Å²) < 4.78 is 9.86. The van der Waals surface area contributed by atoms with Gasteiger partial charge in [0.05, 0.1) is 12.7 Å². The summed E-state index contributed by atoms with van der Waals surface area (Å²) in [6.45, 7) is 1.01. The van der Waals surface area contributed by atoms with E-state index in [0.717, 1.165) is 6.42 Å². The Balaban J connectivity index is 2.45. The van der Waals surface area contributed by atoms with Crippen molar-refractivity contribution >= 4 is 12.0 Å². The second-order valence-electron chi connectivity index (χ2n) is 3.89. The van der Waals surface area contributed by atoms with Crippen molar-refractivity contribution in [3.05, 3.63) is 0 Å². The SMILES string of the molecule is COCC(NC(=O)N1CCC(OC)C1)C(=O)O. The van der Waals surface area contributed by atoms with Crippen LogP contribution in [0.15, 0.2) is 0 Å². The first-order valence-electron chi connectivity index (χ1n) is 5.38. The van der Waals surface area contributed by atoms with Crippen LogP contribution in [-0.4, -0.2) is 68.1 Å². The van der Waals surface area contributed by atoms with Gasteiger partial charge in [0, 0.05) is 27.3 Å². The third-order valence-corrected chi connectivity index (χ3v) is 2.69. The number of carbonyl (C=O) groups excluding carboxylic acids is 1. The van der Waals surface area contributed by atoms with Gasteiger partial charge in [-0.2, -0.15) is 0 Å². The van der Waals surface area contributed by atoms with Crippen LogP contribution in [0.3, 0.4) is 0 Å². The number of carbonyl (C=O) groups is 2. The Hall–Kier alpha value is -1.34. The van der Waals surface area contributed by atoms with Gasteiger partial charge >= 0.3 is 12.0 Å². The Kier molecular flexibility index (Phi) is 5.17. The maximum atomic E-state index is 11.7. The zero-order valence-corrected chi connectivity index (χ0v) is 10.0. The highest BCUT2D eigenvalue weighted by molar-refractivity contribution is 5.82. The topological polar surface area (TPSA) is 88.1 Å². The molecular formula is C10H18N2O5. The molecule has 17 heavy (non-hydrogen) atoms. The predicted molar refractivity (Wildman–Crippen MR) is 58.8 cm³/mol. The van der Waals surface area contributed by atoms with Gasteiger partial charge in [0.15, 0.2) is 6.04 Å². The van der Waals surface area contributed by atoms with E-state index < -0.39 is 18.0 Å². The normalized spacial score (nSPS) is 21.3. The molecule has 1 rings (SSSR count). The largest absolute Gasteiger partial charge is 0.480 e. The van der Waals surface area contributed by atoms with Crippen LogP contribution in [0.4, 0.5) is 4.79 Å². The maximum absolute atomic E-state index is 11.7. The number of likely N-dealkylation sites (tertiary alicyclic amines) is 1. The van der Waals surface area contributed by atoms with Crippen molar-refractivity contribution in [2.75, 3.05) is 33.9 Å². The molecular weight excluding hydrogens is 228 g/mol. The van der Waals surface area contributed by atoms with Gasteiger partial charge in [0.25, 0.3) is 0 Å². The van der Waals surface area contributed by atoms with E-state index in [1.807, 2.05) is 0 Å². The van der Waals surface area contributed by atoms with Crippen molar-refractivity contribution in [1.82, 2.24) is 10.2 Å². The Labute approximate surface area is 99.7 Å². The molecule has 0 aromatic rings. The first-order chi connectivity index (χ1) is 8.08. The van der Waals surface area contributed by atoms with E-state index in [2.05, 4.69) is 5.32 Å². The lowest BCUT2D eigenvalue weighted by atomic mass is 10.3. The highest BCUT2D eigenvalue weighted by Gasteiger charge is 2.28. The number of nitrogens with zero attached hydrogens (tertiary/aromatic N) is 1. The third-order valence-electron chi connectivity index (χ3n) is 2.69. The molecule has 1 fully saturated rings. The quantitative estimate of drug-likeness (QED) is 0.684. The van der Waals surface area contributed by atoms with E-state index in [1.54, 1.807) is 12.0 Å². The predicted octanol–water partition coefficient (Wildman–Crippen LogP) is -0.484. The van der Waals surface area contributed by atoms with Crippen LogP contribution in [0.2, 0.25) is 0 Å². The summed E-state index contributed by atoms with van der Waals surface area (Å²) in [6.07, 6.45) is 0.804. The molecule has 0 aromatic heterocycles. The van der Waals surface area contributed by atoms with Crippen LogP contribution in [0.5, 0.6) is 0 Å². The minimum absolute atomic E-state index is 0.0338.